The van der Waals surface area contributed by atoms with Crippen LogP contribution in [-0.2, 0) is 6.42 Å². The zero-order chi connectivity index (χ0) is 47.1. The third-order valence-electron chi connectivity index (χ3n) is 13.5. The van der Waals surface area contributed by atoms with Gasteiger partial charge in [-0.1, -0.05) is 114 Å². The molecule has 4 aromatic carbocycles. The Morgan fingerprint density at radius 2 is 0.761 bits per heavy atom. The molecule has 7 N–H and O–H groups in total. The average Bonchev–Trinajstić information content (AvgIpc) is 3.34. The second-order valence-corrected chi connectivity index (χ2v) is 17.6. The number of ether oxygens (including phenoxy) is 4. The van der Waals surface area contributed by atoms with Gasteiger partial charge in [0.05, 0.1) is 69.7 Å². The molecule has 67 heavy (non-hydrogen) atoms. The maximum atomic E-state index is 10.8. The van der Waals surface area contributed by atoms with E-state index in [0.29, 0.717) is 19.5 Å². The number of benzene rings is 4. The number of rotatable bonds is 13. The molecule has 3 saturated carbocycles. The van der Waals surface area contributed by atoms with Crippen LogP contribution in [0.1, 0.15) is 144 Å². The Bertz CT molecular complexity index is 1940. The van der Waals surface area contributed by atoms with Crippen LogP contribution in [0.2, 0.25) is 0 Å². The van der Waals surface area contributed by atoms with E-state index in [9.17, 15) is 20.6 Å². The van der Waals surface area contributed by atoms with Gasteiger partial charge in [-0.2, -0.15) is 10.5 Å². The number of methoxy groups -OCH3 is 4. The van der Waals surface area contributed by atoms with Crippen molar-refractivity contribution in [3.05, 3.63) is 119 Å². The first-order chi connectivity index (χ1) is 31.4. The van der Waals surface area contributed by atoms with Crippen LogP contribution in [0.15, 0.2) is 97.1 Å². The van der Waals surface area contributed by atoms with E-state index in [0.717, 1.165) is 129 Å². The summed E-state index contributed by atoms with van der Waals surface area (Å²) in [5.41, 5.74) is 13.8. The average molecular weight is 944 g/mol. The second kappa shape index (κ2) is 29.8. The summed E-state index contributed by atoms with van der Waals surface area (Å²) in [7, 11) is 6.55. The quantitative estimate of drug-likeness (QED) is 0.0855. The largest absolute Gasteiger partial charge is 0.497 e. The maximum Gasteiger partial charge on any atom is 0.118 e. The number of hydrogen-bond donors (Lipinski definition) is 5. The summed E-state index contributed by atoms with van der Waals surface area (Å²) in [6.45, 7) is 0.978. The van der Waals surface area contributed by atoms with Gasteiger partial charge < -0.3 is 45.7 Å². The predicted octanol–water partition coefficient (Wildman–Crippen LogP) is 10.7. The lowest BCUT2D eigenvalue weighted by Gasteiger charge is -2.39. The lowest BCUT2D eigenvalue weighted by Crippen LogP contribution is -2.41. The molecule has 0 aliphatic heterocycles. The molecule has 3 aliphatic carbocycles. The molecule has 3 aliphatic rings. The molecule has 4 aromatic rings. The summed E-state index contributed by atoms with van der Waals surface area (Å²) in [6, 6.07) is 35.1. The number of nitrogens with zero attached hydrogens (tertiary/aromatic N) is 2. The molecule has 11 nitrogen and oxygen atoms in total. The van der Waals surface area contributed by atoms with Crippen molar-refractivity contribution in [1.82, 2.24) is 0 Å². The van der Waals surface area contributed by atoms with Crippen molar-refractivity contribution in [3.8, 4) is 35.1 Å². The Hall–Kier alpha value is -4.85. The van der Waals surface area contributed by atoms with Gasteiger partial charge in [-0.25, -0.2) is 0 Å². The van der Waals surface area contributed by atoms with Crippen molar-refractivity contribution in [3.63, 3.8) is 0 Å². The molecule has 0 bridgehead atoms. The molecule has 0 amide bonds. The van der Waals surface area contributed by atoms with E-state index < -0.39 is 22.7 Å². The van der Waals surface area contributed by atoms with Crippen molar-refractivity contribution < 1.29 is 34.3 Å². The van der Waals surface area contributed by atoms with Crippen molar-refractivity contribution in [1.29, 1.82) is 10.5 Å². The van der Waals surface area contributed by atoms with Gasteiger partial charge in [0.15, 0.2) is 0 Å². The molecule has 3 unspecified atom stereocenters. The summed E-state index contributed by atoms with van der Waals surface area (Å²) < 4.78 is 20.4. The van der Waals surface area contributed by atoms with Gasteiger partial charge >= 0.3 is 0 Å². The highest BCUT2D eigenvalue weighted by molar-refractivity contribution is 5.85. The molecule has 3 fully saturated rings. The predicted molar refractivity (Wildman–Crippen MR) is 271 cm³/mol. The van der Waals surface area contributed by atoms with Gasteiger partial charge in [-0.3, -0.25) is 0 Å². The van der Waals surface area contributed by atoms with E-state index in [1.54, 1.807) is 28.4 Å². The summed E-state index contributed by atoms with van der Waals surface area (Å²) in [4.78, 5) is 0. The van der Waals surface area contributed by atoms with E-state index in [-0.39, 0.29) is 31.7 Å². The Morgan fingerprint density at radius 1 is 0.478 bits per heavy atom. The minimum Gasteiger partial charge on any atom is -0.497 e. The monoisotopic (exact) mass is 943 g/mol. The van der Waals surface area contributed by atoms with Gasteiger partial charge in [0.1, 0.15) is 23.0 Å². The second-order valence-electron chi connectivity index (χ2n) is 17.6. The zero-order valence-electron chi connectivity index (χ0n) is 39.6. The molecule has 0 spiro atoms. The molecular weight excluding hydrogens is 864 g/mol. The van der Waals surface area contributed by atoms with E-state index in [1.165, 1.54) is 12.8 Å². The molecule has 3 atom stereocenters. The molecule has 0 radical (unpaired) electrons. The van der Waals surface area contributed by atoms with Crippen molar-refractivity contribution in [2.45, 2.75) is 145 Å². The van der Waals surface area contributed by atoms with Gasteiger partial charge in [0.2, 0.25) is 0 Å². The topological polar surface area (TPSA) is 197 Å². The van der Waals surface area contributed by atoms with Crippen molar-refractivity contribution in [2.24, 2.45) is 11.5 Å². The van der Waals surface area contributed by atoms with Crippen LogP contribution < -0.4 is 30.4 Å². The maximum absolute atomic E-state index is 10.8. The first-order valence-corrected chi connectivity index (χ1v) is 23.3. The van der Waals surface area contributed by atoms with E-state index in [4.69, 9.17) is 35.7 Å². The van der Waals surface area contributed by atoms with Crippen molar-refractivity contribution in [2.75, 3.05) is 41.5 Å². The SMILES string of the molecule is C.COc1ccc(C(C#N)C2(O)CCCCC2)cc1.COc1ccc(C(CN)C2(O)CCCCC2)cc1.COc1ccc(C(CN)C2(O)CCCCC2)cc1.COc1ccc(CC#N)cc1.Cl. The number of halogens is 1. The number of hydrogen-bond acceptors (Lipinski definition) is 11. The van der Waals surface area contributed by atoms with Crippen LogP contribution in [0.4, 0.5) is 0 Å². The van der Waals surface area contributed by atoms with Gasteiger partial charge in [-0.05, 0) is 109 Å². The summed E-state index contributed by atoms with van der Waals surface area (Å²) >= 11 is 0. The normalized spacial score (nSPS) is 17.7. The molecule has 368 valence electrons. The van der Waals surface area contributed by atoms with Gasteiger partial charge in [0.25, 0.3) is 0 Å². The fourth-order valence-electron chi connectivity index (χ4n) is 9.62. The molecule has 0 saturated heterocycles. The van der Waals surface area contributed by atoms with Crippen molar-refractivity contribution >= 4 is 12.4 Å². The highest BCUT2D eigenvalue weighted by Gasteiger charge is 2.40. The fourth-order valence-corrected chi connectivity index (χ4v) is 9.62. The minimum atomic E-state index is -0.860. The third kappa shape index (κ3) is 17.0. The standard InChI is InChI=1S/2C15H23NO2.C15H19NO2.C9H9NO.CH4.ClH/c3*1-18-13-7-5-12(6-8-13)14(11-16)15(17)9-3-2-4-10-15;1-11-9-4-2-8(3-5-9)6-7-10;;/h2*5-8,14,17H,2-4,9-11,16H2,1H3;5-8,14,17H,2-4,9-10H2,1H3;2-5H,6H2,1H3;1H4;1H. The number of nitrogens with two attached hydrogens (primary N) is 2. The van der Waals surface area contributed by atoms with Crippen LogP contribution in [0.25, 0.3) is 0 Å². The zero-order valence-corrected chi connectivity index (χ0v) is 40.4. The summed E-state index contributed by atoms with van der Waals surface area (Å²) in [5, 5.41) is 50.0. The molecule has 0 aromatic heterocycles. The minimum absolute atomic E-state index is 0. The number of nitriles is 2. The molecule has 0 heterocycles. The first kappa shape index (κ1) is 58.3. The summed E-state index contributed by atoms with van der Waals surface area (Å²) in [6.07, 6.45) is 15.4. The van der Waals surface area contributed by atoms with E-state index >= 15 is 0 Å². The Balaban J connectivity index is 0.000000308. The Kier molecular flexibility index (Phi) is 25.9. The molecular formula is C55H79ClN4O7. The van der Waals surface area contributed by atoms with Crippen LogP contribution in [0.3, 0.4) is 0 Å². The van der Waals surface area contributed by atoms with E-state index in [1.807, 2.05) is 97.1 Å². The Labute approximate surface area is 407 Å². The van der Waals surface area contributed by atoms with Gasteiger partial charge in [0, 0.05) is 24.9 Å². The lowest BCUT2D eigenvalue weighted by molar-refractivity contribution is -0.0197. The van der Waals surface area contributed by atoms with Crippen LogP contribution in [0, 0.1) is 22.7 Å². The Morgan fingerprint density at radius 3 is 1.03 bits per heavy atom. The fraction of sp³-hybridized carbons (Fsp3) is 0.527. The number of aliphatic hydroxyl groups is 3. The first-order valence-electron chi connectivity index (χ1n) is 23.3. The third-order valence-corrected chi connectivity index (χ3v) is 13.5. The molecule has 7 rings (SSSR count). The van der Waals surface area contributed by atoms with Gasteiger partial charge in [-0.15, -0.1) is 12.4 Å². The summed E-state index contributed by atoms with van der Waals surface area (Å²) in [5.74, 6) is 2.89. The van der Waals surface area contributed by atoms with Crippen LogP contribution in [-0.4, -0.2) is 73.7 Å². The van der Waals surface area contributed by atoms with Crippen LogP contribution in [0.5, 0.6) is 23.0 Å². The highest BCUT2D eigenvalue weighted by atomic mass is 35.5. The van der Waals surface area contributed by atoms with E-state index in [2.05, 4.69) is 12.1 Å². The molecule has 12 heteroatoms. The van der Waals surface area contributed by atoms with Crippen LogP contribution >= 0.6 is 12.4 Å². The highest BCUT2D eigenvalue weighted by Crippen LogP contribution is 2.42. The smallest absolute Gasteiger partial charge is 0.118 e. The lowest BCUT2D eigenvalue weighted by atomic mass is 9.73.